The van der Waals surface area contributed by atoms with Crippen LogP contribution in [0.25, 0.3) is 28.0 Å². The number of hydrogen-bond donors (Lipinski definition) is 1. The number of fused-ring (bicyclic) bond motifs is 1. The van der Waals surface area contributed by atoms with Crippen LogP contribution in [0, 0.1) is 0 Å². The lowest BCUT2D eigenvalue weighted by atomic mass is 10.1. The molecule has 1 atom stereocenters. The molecule has 0 amide bonds. The van der Waals surface area contributed by atoms with Gasteiger partial charge in [0, 0.05) is 11.8 Å². The Hall–Kier alpha value is -3.70. The minimum absolute atomic E-state index is 0.708. The van der Waals surface area contributed by atoms with Crippen molar-refractivity contribution in [2.45, 2.75) is 13.1 Å². The van der Waals surface area contributed by atoms with Gasteiger partial charge in [-0.05, 0) is 24.3 Å². The molecule has 148 valence electrons. The number of oxazole rings is 1. The van der Waals surface area contributed by atoms with E-state index in [4.69, 9.17) is 9.52 Å². The number of quaternary nitrogens is 1. The molecule has 0 aliphatic rings. The number of aromatic nitrogens is 3. The highest BCUT2D eigenvalue weighted by Crippen LogP contribution is 2.23. The molecule has 0 radical (unpaired) electrons. The van der Waals surface area contributed by atoms with E-state index >= 15 is 0 Å². The monoisotopic (exact) mass is 395 g/mol. The molecule has 1 N–H and O–H groups in total. The van der Waals surface area contributed by atoms with Gasteiger partial charge in [-0.15, -0.1) is 0 Å². The van der Waals surface area contributed by atoms with Gasteiger partial charge in [0.05, 0.1) is 18.3 Å². The van der Waals surface area contributed by atoms with E-state index in [1.807, 2.05) is 53.2 Å². The van der Waals surface area contributed by atoms with Crippen molar-refractivity contribution in [2.75, 3.05) is 7.05 Å². The predicted octanol–water partition coefficient (Wildman–Crippen LogP) is 3.90. The van der Waals surface area contributed by atoms with Gasteiger partial charge in [0.15, 0.2) is 12.1 Å². The second-order valence-corrected chi connectivity index (χ2v) is 7.54. The van der Waals surface area contributed by atoms with E-state index in [9.17, 15) is 0 Å². The van der Waals surface area contributed by atoms with Crippen LogP contribution in [0.4, 0.5) is 0 Å². The molecule has 0 fully saturated rings. The summed E-state index contributed by atoms with van der Waals surface area (Å²) >= 11 is 0. The number of nitrogens with zero attached hydrogens (tertiary/aromatic N) is 3. The zero-order valence-corrected chi connectivity index (χ0v) is 16.8. The molecule has 0 aliphatic heterocycles. The van der Waals surface area contributed by atoms with Crippen molar-refractivity contribution in [1.29, 1.82) is 0 Å². The largest absolute Gasteiger partial charge is 0.435 e. The van der Waals surface area contributed by atoms with Gasteiger partial charge >= 0.3 is 0 Å². The molecule has 0 saturated heterocycles. The number of rotatable bonds is 6. The van der Waals surface area contributed by atoms with Crippen molar-refractivity contribution in [2.24, 2.45) is 0 Å². The molecule has 5 nitrogen and oxygen atoms in total. The SMILES string of the molecule is C[NH+](Cc1nc2ccccc2o1)Cc1cn(-c2ccccc2)nc1-c1ccccc1. The molecule has 30 heavy (non-hydrogen) atoms. The Morgan fingerprint density at radius 2 is 1.53 bits per heavy atom. The Labute approximate surface area is 175 Å². The molecule has 5 rings (SSSR count). The lowest BCUT2D eigenvalue weighted by molar-refractivity contribution is -0.908. The van der Waals surface area contributed by atoms with E-state index in [1.165, 1.54) is 10.5 Å². The number of hydrogen-bond acceptors (Lipinski definition) is 3. The first kappa shape index (κ1) is 18.3. The van der Waals surface area contributed by atoms with Crippen molar-refractivity contribution < 1.29 is 9.32 Å². The average Bonchev–Trinajstić information content (AvgIpc) is 3.38. The summed E-state index contributed by atoms with van der Waals surface area (Å²) in [6, 6.07) is 28.5. The third kappa shape index (κ3) is 3.75. The first-order chi connectivity index (χ1) is 14.8. The van der Waals surface area contributed by atoms with E-state index in [0.29, 0.717) is 6.54 Å². The molecule has 0 bridgehead atoms. The summed E-state index contributed by atoms with van der Waals surface area (Å²) in [7, 11) is 2.16. The molecule has 5 aromatic rings. The molecule has 2 heterocycles. The molecule has 3 aromatic carbocycles. The van der Waals surface area contributed by atoms with Crippen LogP contribution in [0.1, 0.15) is 11.5 Å². The normalized spacial score (nSPS) is 12.3. The maximum absolute atomic E-state index is 5.91. The van der Waals surface area contributed by atoms with Gasteiger partial charge in [0.2, 0.25) is 0 Å². The van der Waals surface area contributed by atoms with Gasteiger partial charge in [0.1, 0.15) is 17.8 Å². The van der Waals surface area contributed by atoms with Crippen molar-refractivity contribution in [3.05, 3.63) is 103 Å². The lowest BCUT2D eigenvalue weighted by Gasteiger charge is -2.11. The van der Waals surface area contributed by atoms with Gasteiger partial charge in [0.25, 0.3) is 5.89 Å². The number of nitrogens with one attached hydrogen (secondary N) is 1. The van der Waals surface area contributed by atoms with E-state index in [2.05, 4.69) is 54.6 Å². The maximum Gasteiger partial charge on any atom is 0.251 e. The first-order valence-corrected chi connectivity index (χ1v) is 10.1. The molecule has 1 unspecified atom stereocenters. The highest BCUT2D eigenvalue weighted by atomic mass is 16.3. The maximum atomic E-state index is 5.91. The van der Waals surface area contributed by atoms with Crippen LogP contribution in [0.3, 0.4) is 0 Å². The van der Waals surface area contributed by atoms with Crippen molar-refractivity contribution in [3.63, 3.8) is 0 Å². The molecule has 0 saturated carbocycles. The second-order valence-electron chi connectivity index (χ2n) is 7.54. The minimum Gasteiger partial charge on any atom is -0.435 e. The quantitative estimate of drug-likeness (QED) is 0.474. The topological polar surface area (TPSA) is 48.3 Å². The van der Waals surface area contributed by atoms with Crippen LogP contribution in [0.15, 0.2) is 95.5 Å². The van der Waals surface area contributed by atoms with Crippen LogP contribution in [0.2, 0.25) is 0 Å². The van der Waals surface area contributed by atoms with Crippen molar-refractivity contribution in [3.8, 4) is 16.9 Å². The summed E-state index contributed by atoms with van der Waals surface area (Å²) in [5.41, 5.74) is 6.12. The Kier molecular flexibility index (Phi) is 4.87. The van der Waals surface area contributed by atoms with E-state index in [0.717, 1.165) is 40.5 Å². The Morgan fingerprint density at radius 3 is 2.30 bits per heavy atom. The predicted molar refractivity (Wildman–Crippen MR) is 117 cm³/mol. The summed E-state index contributed by atoms with van der Waals surface area (Å²) in [5.74, 6) is 0.755. The summed E-state index contributed by atoms with van der Waals surface area (Å²) in [6.45, 7) is 1.52. The summed E-state index contributed by atoms with van der Waals surface area (Å²) in [5, 5.41) is 4.91. The fourth-order valence-electron chi connectivity index (χ4n) is 3.73. The van der Waals surface area contributed by atoms with Crippen LogP contribution in [-0.2, 0) is 13.1 Å². The summed E-state index contributed by atoms with van der Waals surface area (Å²) in [6.07, 6.45) is 2.13. The third-order valence-corrected chi connectivity index (χ3v) is 5.14. The fourth-order valence-corrected chi connectivity index (χ4v) is 3.73. The van der Waals surface area contributed by atoms with Gasteiger partial charge in [-0.1, -0.05) is 60.7 Å². The van der Waals surface area contributed by atoms with E-state index in [1.54, 1.807) is 0 Å². The van der Waals surface area contributed by atoms with Gasteiger partial charge in [-0.2, -0.15) is 5.10 Å². The average molecular weight is 395 g/mol. The third-order valence-electron chi connectivity index (χ3n) is 5.14. The van der Waals surface area contributed by atoms with Crippen LogP contribution in [0.5, 0.6) is 0 Å². The standard InChI is InChI=1S/C25H22N4O/c1-28(18-24-26-22-14-8-9-15-23(22)30-24)16-20-17-29(21-12-6-3-7-13-21)27-25(20)19-10-4-2-5-11-19/h2-15,17H,16,18H2,1H3/p+1. The molecule has 5 heteroatoms. The summed E-state index contributed by atoms with van der Waals surface area (Å²) in [4.78, 5) is 5.90. The van der Waals surface area contributed by atoms with E-state index < -0.39 is 0 Å². The Balaban J connectivity index is 1.44. The van der Waals surface area contributed by atoms with Crippen LogP contribution >= 0.6 is 0 Å². The van der Waals surface area contributed by atoms with Gasteiger partial charge in [-0.25, -0.2) is 9.67 Å². The fraction of sp³-hybridized carbons (Fsp3) is 0.120. The van der Waals surface area contributed by atoms with Gasteiger partial charge in [-0.3, -0.25) is 0 Å². The van der Waals surface area contributed by atoms with Crippen LogP contribution < -0.4 is 4.90 Å². The molecule has 0 aliphatic carbocycles. The van der Waals surface area contributed by atoms with Crippen molar-refractivity contribution in [1.82, 2.24) is 14.8 Å². The Morgan fingerprint density at radius 1 is 0.833 bits per heavy atom. The van der Waals surface area contributed by atoms with Gasteiger partial charge < -0.3 is 9.32 Å². The second kappa shape index (κ2) is 7.97. The number of para-hydroxylation sites is 3. The minimum atomic E-state index is 0.708. The zero-order chi connectivity index (χ0) is 20.3. The summed E-state index contributed by atoms with van der Waals surface area (Å²) < 4.78 is 7.88. The zero-order valence-electron chi connectivity index (χ0n) is 16.8. The molecule has 0 spiro atoms. The van der Waals surface area contributed by atoms with E-state index in [-0.39, 0.29) is 0 Å². The first-order valence-electron chi connectivity index (χ1n) is 10.1. The molecular formula is C25H23N4O+. The molecular weight excluding hydrogens is 372 g/mol. The highest BCUT2D eigenvalue weighted by Gasteiger charge is 2.18. The van der Waals surface area contributed by atoms with Crippen LogP contribution in [-0.4, -0.2) is 21.8 Å². The van der Waals surface area contributed by atoms with Crippen molar-refractivity contribution >= 4 is 11.1 Å². The smallest absolute Gasteiger partial charge is 0.251 e. The highest BCUT2D eigenvalue weighted by molar-refractivity contribution is 5.72. The Bertz CT molecular complexity index is 1230. The lowest BCUT2D eigenvalue weighted by Crippen LogP contribution is -3.06. The number of benzene rings is 3. The molecule has 2 aromatic heterocycles.